The maximum Gasteiger partial charge on any atom is 0.308 e. The number of rotatable bonds is 8. The molecule has 26 heavy (non-hydrogen) atoms. The molecule has 2 N–H and O–H groups in total. The minimum absolute atomic E-state index is 0.126. The van der Waals surface area contributed by atoms with Gasteiger partial charge in [0.25, 0.3) is 0 Å². The summed E-state index contributed by atoms with van der Waals surface area (Å²) in [4.78, 5) is 23.8. The van der Waals surface area contributed by atoms with Gasteiger partial charge in [0.05, 0.1) is 17.9 Å². The Morgan fingerprint density at radius 3 is 2.54 bits per heavy atom. The van der Waals surface area contributed by atoms with E-state index >= 15 is 0 Å². The van der Waals surface area contributed by atoms with Crippen molar-refractivity contribution in [2.45, 2.75) is 37.7 Å². The van der Waals surface area contributed by atoms with Gasteiger partial charge in [0.1, 0.15) is 0 Å². The smallest absolute Gasteiger partial charge is 0.308 e. The highest BCUT2D eigenvalue weighted by molar-refractivity contribution is 5.83. The van der Waals surface area contributed by atoms with Gasteiger partial charge in [-0.25, -0.2) is 0 Å². The molecule has 1 atom stereocenters. The molecular weight excluding hydrogens is 330 g/mol. The lowest BCUT2D eigenvalue weighted by atomic mass is 9.77. The van der Waals surface area contributed by atoms with Gasteiger partial charge in [0, 0.05) is 13.7 Å². The van der Waals surface area contributed by atoms with Crippen LogP contribution in [-0.4, -0.2) is 36.2 Å². The van der Waals surface area contributed by atoms with Crippen LogP contribution in [0.4, 0.5) is 0 Å². The van der Waals surface area contributed by atoms with Crippen molar-refractivity contribution in [3.8, 4) is 0 Å². The fraction of sp³-hybridized carbons (Fsp3) is 0.429. The molecule has 1 aliphatic rings. The molecule has 3 rings (SSSR count). The minimum Gasteiger partial charge on any atom is -0.481 e. The molecule has 0 aromatic heterocycles. The SMILES string of the molecule is COC1(CC(=O)NCC(Cc2ccc3ccccc3c2)C(=O)O)CCC1. The Hall–Kier alpha value is -2.40. The molecule has 2 aromatic rings. The van der Waals surface area contributed by atoms with E-state index in [1.54, 1.807) is 7.11 Å². The summed E-state index contributed by atoms with van der Waals surface area (Å²) in [5.41, 5.74) is 0.610. The Morgan fingerprint density at radius 1 is 1.19 bits per heavy atom. The van der Waals surface area contributed by atoms with Crippen molar-refractivity contribution in [2.75, 3.05) is 13.7 Å². The monoisotopic (exact) mass is 355 g/mol. The van der Waals surface area contributed by atoms with Crippen molar-refractivity contribution >= 4 is 22.6 Å². The highest BCUT2D eigenvalue weighted by Gasteiger charge is 2.39. The van der Waals surface area contributed by atoms with Crippen LogP contribution >= 0.6 is 0 Å². The van der Waals surface area contributed by atoms with Crippen molar-refractivity contribution in [1.29, 1.82) is 0 Å². The lowest BCUT2D eigenvalue weighted by Crippen LogP contribution is -2.45. The summed E-state index contributed by atoms with van der Waals surface area (Å²) in [5, 5.41) is 14.5. The third kappa shape index (κ3) is 4.22. The van der Waals surface area contributed by atoms with Crippen molar-refractivity contribution < 1.29 is 19.4 Å². The number of carboxylic acid groups (broad SMARTS) is 1. The van der Waals surface area contributed by atoms with Gasteiger partial charge in [0.2, 0.25) is 5.91 Å². The first-order valence-corrected chi connectivity index (χ1v) is 9.04. The number of nitrogens with one attached hydrogen (secondary N) is 1. The number of ether oxygens (including phenoxy) is 1. The van der Waals surface area contributed by atoms with E-state index < -0.39 is 11.9 Å². The molecule has 1 amide bonds. The van der Waals surface area contributed by atoms with Gasteiger partial charge < -0.3 is 15.2 Å². The van der Waals surface area contributed by atoms with Gasteiger partial charge in [-0.05, 0) is 42.0 Å². The van der Waals surface area contributed by atoms with Gasteiger partial charge in [-0.3, -0.25) is 9.59 Å². The van der Waals surface area contributed by atoms with Gasteiger partial charge in [0.15, 0.2) is 0 Å². The number of amides is 1. The van der Waals surface area contributed by atoms with Crippen molar-refractivity contribution in [3.05, 3.63) is 48.0 Å². The number of carboxylic acids is 1. The number of aliphatic carboxylic acids is 1. The molecule has 2 aromatic carbocycles. The second kappa shape index (κ2) is 7.87. The zero-order valence-corrected chi connectivity index (χ0v) is 15.0. The summed E-state index contributed by atoms with van der Waals surface area (Å²) in [6, 6.07) is 14.0. The number of hydrogen-bond donors (Lipinski definition) is 2. The first-order valence-electron chi connectivity index (χ1n) is 9.04. The van der Waals surface area contributed by atoms with Crippen LogP contribution in [0, 0.1) is 5.92 Å². The van der Waals surface area contributed by atoms with Crippen LogP contribution in [0.5, 0.6) is 0 Å². The second-order valence-electron chi connectivity index (χ2n) is 7.14. The normalized spacial score (nSPS) is 16.7. The number of carbonyl (C=O) groups is 2. The molecule has 1 unspecified atom stereocenters. The van der Waals surface area contributed by atoms with Gasteiger partial charge in [-0.15, -0.1) is 0 Å². The first-order chi connectivity index (χ1) is 12.5. The summed E-state index contributed by atoms with van der Waals surface area (Å²) in [6.45, 7) is 0.126. The highest BCUT2D eigenvalue weighted by atomic mass is 16.5. The Kier molecular flexibility index (Phi) is 5.57. The zero-order valence-electron chi connectivity index (χ0n) is 15.0. The molecule has 1 aliphatic carbocycles. The van der Waals surface area contributed by atoms with Gasteiger partial charge >= 0.3 is 5.97 Å². The summed E-state index contributed by atoms with van der Waals surface area (Å²) >= 11 is 0. The molecular formula is C21H25NO4. The summed E-state index contributed by atoms with van der Waals surface area (Å²) in [5.74, 6) is -1.69. The number of carbonyl (C=O) groups excluding carboxylic acids is 1. The largest absolute Gasteiger partial charge is 0.481 e. The Bertz CT molecular complexity index is 792. The van der Waals surface area contributed by atoms with Crippen LogP contribution < -0.4 is 5.32 Å². The van der Waals surface area contributed by atoms with E-state index in [2.05, 4.69) is 5.32 Å². The van der Waals surface area contributed by atoms with Crippen LogP contribution in [0.25, 0.3) is 10.8 Å². The predicted octanol–water partition coefficient (Wildman–Crippen LogP) is 3.16. The third-order valence-corrected chi connectivity index (χ3v) is 5.37. The van der Waals surface area contributed by atoms with Crippen LogP contribution in [-0.2, 0) is 20.7 Å². The number of fused-ring (bicyclic) bond motifs is 1. The maximum absolute atomic E-state index is 12.2. The van der Waals surface area contributed by atoms with Crippen molar-refractivity contribution in [3.63, 3.8) is 0 Å². The molecule has 0 saturated heterocycles. The number of hydrogen-bond acceptors (Lipinski definition) is 3. The summed E-state index contributed by atoms with van der Waals surface area (Å²) in [6.07, 6.45) is 3.52. The molecule has 0 aliphatic heterocycles. The van der Waals surface area contributed by atoms with Crippen molar-refractivity contribution in [1.82, 2.24) is 5.32 Å². The fourth-order valence-electron chi connectivity index (χ4n) is 3.51. The highest BCUT2D eigenvalue weighted by Crippen LogP contribution is 2.37. The van der Waals surface area contributed by atoms with Gasteiger partial charge in [-0.1, -0.05) is 42.5 Å². The molecule has 0 radical (unpaired) electrons. The lowest BCUT2D eigenvalue weighted by molar-refractivity contribution is -0.142. The summed E-state index contributed by atoms with van der Waals surface area (Å²) < 4.78 is 5.46. The topological polar surface area (TPSA) is 75.6 Å². The standard InChI is InChI=1S/C21H25NO4/c1-26-21(9-4-10-21)13-19(23)22-14-18(20(24)25)12-15-7-8-16-5-2-3-6-17(16)11-15/h2-3,5-8,11,18H,4,9-10,12-14H2,1H3,(H,22,23)(H,24,25). The molecule has 5 heteroatoms. The van der Waals surface area contributed by atoms with E-state index in [4.69, 9.17) is 4.74 Å². The predicted molar refractivity (Wildman–Crippen MR) is 100.0 cm³/mol. The van der Waals surface area contributed by atoms with Crippen molar-refractivity contribution in [2.24, 2.45) is 5.92 Å². The Morgan fingerprint density at radius 2 is 1.92 bits per heavy atom. The molecule has 138 valence electrons. The maximum atomic E-state index is 12.2. The minimum atomic E-state index is -0.899. The Balaban J connectivity index is 1.59. The first kappa shape index (κ1) is 18.4. The van der Waals surface area contributed by atoms with E-state index in [1.165, 1.54) is 0 Å². The van der Waals surface area contributed by atoms with Gasteiger partial charge in [-0.2, -0.15) is 0 Å². The van der Waals surface area contributed by atoms with Crippen LogP contribution in [0.15, 0.2) is 42.5 Å². The quantitative estimate of drug-likeness (QED) is 0.763. The van der Waals surface area contributed by atoms with E-state index in [9.17, 15) is 14.7 Å². The number of benzene rings is 2. The third-order valence-electron chi connectivity index (χ3n) is 5.37. The second-order valence-corrected chi connectivity index (χ2v) is 7.14. The molecule has 0 spiro atoms. The average molecular weight is 355 g/mol. The number of methoxy groups -OCH3 is 1. The molecule has 0 bridgehead atoms. The van der Waals surface area contributed by atoms with Crippen LogP contribution in [0.1, 0.15) is 31.2 Å². The van der Waals surface area contributed by atoms with E-state index in [0.717, 1.165) is 35.6 Å². The molecule has 0 heterocycles. The molecule has 5 nitrogen and oxygen atoms in total. The van der Waals surface area contributed by atoms with Crippen LogP contribution in [0.3, 0.4) is 0 Å². The van der Waals surface area contributed by atoms with E-state index in [0.29, 0.717) is 12.8 Å². The van der Waals surface area contributed by atoms with Crippen LogP contribution in [0.2, 0.25) is 0 Å². The molecule has 1 saturated carbocycles. The van der Waals surface area contributed by atoms with E-state index in [1.807, 2.05) is 42.5 Å². The fourth-order valence-corrected chi connectivity index (χ4v) is 3.51. The summed E-state index contributed by atoms with van der Waals surface area (Å²) in [7, 11) is 1.63. The average Bonchev–Trinajstić information content (AvgIpc) is 2.61. The Labute approximate surface area is 153 Å². The molecule has 1 fully saturated rings. The zero-order chi connectivity index (χ0) is 18.6. The lowest BCUT2D eigenvalue weighted by Gasteiger charge is -2.40. The van der Waals surface area contributed by atoms with E-state index in [-0.39, 0.29) is 18.1 Å².